The van der Waals surface area contributed by atoms with Gasteiger partial charge in [0.1, 0.15) is 5.69 Å². The lowest BCUT2D eigenvalue weighted by atomic mass is 9.70. The normalized spacial score (nSPS) is 27.2. The molecule has 0 bridgehead atoms. The average Bonchev–Trinajstić information content (AvgIpc) is 3.55. The summed E-state index contributed by atoms with van der Waals surface area (Å²) in [7, 11) is 0. The molecule has 0 radical (unpaired) electrons. The van der Waals surface area contributed by atoms with Crippen LogP contribution in [-0.4, -0.2) is 5.16 Å². The van der Waals surface area contributed by atoms with Crippen LogP contribution in [0.4, 0.5) is 14.5 Å². The van der Waals surface area contributed by atoms with Crippen LogP contribution in [0.2, 0.25) is 0 Å². The Morgan fingerprint density at radius 3 is 1.89 bits per heavy atom. The third kappa shape index (κ3) is 4.59. The molecule has 1 aromatic carbocycles. The number of isothiocyanates is 1. The predicted octanol–water partition coefficient (Wildman–Crippen LogP) is 6.99. The zero-order valence-electron chi connectivity index (χ0n) is 16.0. The average molecular weight is 398 g/mol. The second kappa shape index (κ2) is 8.68. The molecule has 0 aliphatic heterocycles. The molecule has 1 atom stereocenters. The van der Waals surface area contributed by atoms with Crippen molar-refractivity contribution in [1.29, 1.82) is 0 Å². The van der Waals surface area contributed by atoms with Crippen molar-refractivity contribution in [2.45, 2.75) is 57.8 Å². The predicted molar refractivity (Wildman–Crippen MR) is 112 cm³/mol. The van der Waals surface area contributed by atoms with Crippen LogP contribution >= 0.6 is 12.2 Å². The molecule has 28 heavy (non-hydrogen) atoms. The SMILES string of the molecule is Fc1cc(C#CC2=CCC(C3CCC(C4CC4)CC3)CC2)cc(F)c1N=C=S. The Kier molecular flexibility index (Phi) is 6.04. The minimum atomic E-state index is -0.763. The summed E-state index contributed by atoms with van der Waals surface area (Å²) in [6.45, 7) is 0. The highest BCUT2D eigenvalue weighted by Crippen LogP contribution is 2.47. The van der Waals surface area contributed by atoms with Crippen molar-refractivity contribution in [3.05, 3.63) is 41.0 Å². The third-order valence-corrected chi connectivity index (χ3v) is 6.86. The smallest absolute Gasteiger partial charge is 0.153 e. The molecule has 0 spiro atoms. The summed E-state index contributed by atoms with van der Waals surface area (Å²) in [5.41, 5.74) is 1.00. The molecule has 2 saturated carbocycles. The number of hydrogen-bond donors (Lipinski definition) is 0. The summed E-state index contributed by atoms with van der Waals surface area (Å²) in [6, 6.07) is 2.40. The van der Waals surface area contributed by atoms with E-state index in [0.29, 0.717) is 5.56 Å². The minimum Gasteiger partial charge on any atom is -0.204 e. The molecule has 1 aromatic rings. The Bertz CT molecular complexity index is 853. The van der Waals surface area contributed by atoms with E-state index in [9.17, 15) is 8.78 Å². The Hall–Kier alpha value is -1.82. The first-order valence-electron chi connectivity index (χ1n) is 10.4. The zero-order valence-corrected chi connectivity index (χ0v) is 16.8. The number of thiocarbonyl (C=S) groups is 1. The zero-order chi connectivity index (χ0) is 19.5. The van der Waals surface area contributed by atoms with Gasteiger partial charge in [-0.2, -0.15) is 4.99 Å². The molecule has 0 saturated heterocycles. The fourth-order valence-corrected chi connectivity index (χ4v) is 5.09. The van der Waals surface area contributed by atoms with Gasteiger partial charge < -0.3 is 0 Å². The highest BCUT2D eigenvalue weighted by atomic mass is 32.1. The fourth-order valence-electron chi connectivity index (χ4n) is 4.99. The number of hydrogen-bond acceptors (Lipinski definition) is 2. The summed E-state index contributed by atoms with van der Waals surface area (Å²) in [5.74, 6) is 8.21. The topological polar surface area (TPSA) is 12.4 Å². The minimum absolute atomic E-state index is 0.319. The van der Waals surface area contributed by atoms with E-state index in [2.05, 4.69) is 35.1 Å². The van der Waals surface area contributed by atoms with Gasteiger partial charge in [-0.15, -0.1) is 0 Å². The van der Waals surface area contributed by atoms with Gasteiger partial charge in [-0.1, -0.05) is 17.9 Å². The van der Waals surface area contributed by atoms with Crippen LogP contribution in [-0.2, 0) is 0 Å². The van der Waals surface area contributed by atoms with Crippen LogP contribution in [0.3, 0.4) is 0 Å². The van der Waals surface area contributed by atoms with E-state index in [4.69, 9.17) is 0 Å². The molecule has 0 amide bonds. The van der Waals surface area contributed by atoms with E-state index < -0.39 is 17.3 Å². The van der Waals surface area contributed by atoms with Crippen LogP contribution in [0, 0.1) is 47.1 Å². The second-order valence-corrected chi connectivity index (χ2v) is 8.70. The molecule has 146 valence electrons. The van der Waals surface area contributed by atoms with Gasteiger partial charge >= 0.3 is 0 Å². The van der Waals surface area contributed by atoms with E-state index in [1.54, 1.807) is 0 Å². The highest BCUT2D eigenvalue weighted by Gasteiger charge is 2.35. The number of nitrogens with zero attached hydrogens (tertiary/aromatic N) is 1. The Morgan fingerprint density at radius 1 is 0.821 bits per heavy atom. The largest absolute Gasteiger partial charge is 0.204 e. The lowest BCUT2D eigenvalue weighted by Gasteiger charge is -2.35. The van der Waals surface area contributed by atoms with Crippen LogP contribution < -0.4 is 0 Å². The van der Waals surface area contributed by atoms with Crippen LogP contribution in [0.5, 0.6) is 0 Å². The Morgan fingerprint density at radius 2 is 1.39 bits per heavy atom. The second-order valence-electron chi connectivity index (χ2n) is 8.52. The molecular weight excluding hydrogens is 372 g/mol. The summed E-state index contributed by atoms with van der Waals surface area (Å²) >= 11 is 4.41. The third-order valence-electron chi connectivity index (χ3n) is 6.77. The first-order valence-corrected chi connectivity index (χ1v) is 10.8. The van der Waals surface area contributed by atoms with E-state index in [1.807, 2.05) is 5.16 Å². The quantitative estimate of drug-likeness (QED) is 0.304. The highest BCUT2D eigenvalue weighted by molar-refractivity contribution is 7.78. The first-order chi connectivity index (χ1) is 13.6. The molecular formula is C24H25F2NS. The monoisotopic (exact) mass is 397 g/mol. The summed E-state index contributed by atoms with van der Waals surface area (Å²) in [5, 5.41) is 1.99. The van der Waals surface area contributed by atoms with Gasteiger partial charge in [-0.3, -0.25) is 0 Å². The van der Waals surface area contributed by atoms with Crippen LogP contribution in [0.1, 0.15) is 63.4 Å². The molecule has 0 heterocycles. The van der Waals surface area contributed by atoms with Crippen molar-refractivity contribution in [2.75, 3.05) is 0 Å². The van der Waals surface area contributed by atoms with E-state index in [1.165, 1.54) is 57.1 Å². The molecule has 2 fully saturated rings. The number of aliphatic imine (C=N–C) groups is 1. The molecule has 4 heteroatoms. The van der Waals surface area contributed by atoms with Gasteiger partial charge in [0.2, 0.25) is 0 Å². The van der Waals surface area contributed by atoms with Crippen molar-refractivity contribution in [3.63, 3.8) is 0 Å². The van der Waals surface area contributed by atoms with Gasteiger partial charge in [-0.25, -0.2) is 8.78 Å². The van der Waals surface area contributed by atoms with Crippen molar-refractivity contribution in [2.24, 2.45) is 28.7 Å². The standard InChI is InChI=1S/C24H25F2NS/c25-22-13-17(14-23(26)24(22)27-15-28)2-1-16-3-5-18(6-4-16)19-7-9-20(10-8-19)21-11-12-21/h3,13-14,18-21H,4-12H2. The summed E-state index contributed by atoms with van der Waals surface area (Å²) in [6.07, 6.45) is 14.1. The molecule has 0 N–H and O–H groups in total. The lowest BCUT2D eigenvalue weighted by molar-refractivity contribution is 0.181. The van der Waals surface area contributed by atoms with Crippen molar-refractivity contribution < 1.29 is 8.78 Å². The van der Waals surface area contributed by atoms with Gasteiger partial charge in [0.05, 0.1) is 5.16 Å². The number of rotatable bonds is 3. The maximum Gasteiger partial charge on any atom is 0.153 e. The van der Waals surface area contributed by atoms with Crippen LogP contribution in [0.25, 0.3) is 0 Å². The molecule has 3 aliphatic rings. The Balaban J connectivity index is 1.35. The first kappa shape index (κ1) is 19.5. The maximum atomic E-state index is 13.9. The Labute approximate surface area is 171 Å². The number of benzene rings is 1. The van der Waals surface area contributed by atoms with E-state index in [0.717, 1.165) is 42.1 Å². The van der Waals surface area contributed by atoms with E-state index >= 15 is 0 Å². The summed E-state index contributed by atoms with van der Waals surface area (Å²) in [4.78, 5) is 3.42. The van der Waals surface area contributed by atoms with Gasteiger partial charge in [0, 0.05) is 5.56 Å². The van der Waals surface area contributed by atoms with Gasteiger partial charge in [0.15, 0.2) is 11.6 Å². The number of allylic oxidation sites excluding steroid dienone is 2. The van der Waals surface area contributed by atoms with Crippen LogP contribution in [0.15, 0.2) is 28.8 Å². The number of halogens is 2. The molecule has 3 aliphatic carbocycles. The van der Waals surface area contributed by atoms with Gasteiger partial charge in [0.25, 0.3) is 0 Å². The van der Waals surface area contributed by atoms with Crippen molar-refractivity contribution >= 4 is 23.1 Å². The van der Waals surface area contributed by atoms with Crippen molar-refractivity contribution in [1.82, 2.24) is 0 Å². The fraction of sp³-hybridized carbons (Fsp3) is 0.542. The maximum absolute atomic E-state index is 13.9. The summed E-state index contributed by atoms with van der Waals surface area (Å²) < 4.78 is 27.8. The molecule has 0 aromatic heterocycles. The lowest BCUT2D eigenvalue weighted by Crippen LogP contribution is -2.23. The molecule has 1 unspecified atom stereocenters. The molecule has 1 nitrogen and oxygen atoms in total. The van der Waals surface area contributed by atoms with Gasteiger partial charge in [-0.05, 0) is 111 Å². The van der Waals surface area contributed by atoms with E-state index in [-0.39, 0.29) is 0 Å². The van der Waals surface area contributed by atoms with Crippen molar-refractivity contribution in [3.8, 4) is 11.8 Å². The molecule has 4 rings (SSSR count).